The first-order chi connectivity index (χ1) is 8.64. The molecule has 0 aromatic heterocycles. The lowest BCUT2D eigenvalue weighted by molar-refractivity contribution is -0.146. The number of hydrogen-bond acceptors (Lipinski definition) is 3. The van der Waals surface area contributed by atoms with E-state index in [1.165, 1.54) is 18.2 Å². The number of likely N-dealkylation sites (N-methyl/N-ethyl adjacent to an activating group) is 1. The van der Waals surface area contributed by atoms with Gasteiger partial charge in [0.1, 0.15) is 5.54 Å². The summed E-state index contributed by atoms with van der Waals surface area (Å²) in [6.07, 6.45) is 1.84. The highest BCUT2D eigenvalue weighted by Crippen LogP contribution is 2.25. The zero-order valence-corrected chi connectivity index (χ0v) is 12.9. The van der Waals surface area contributed by atoms with Gasteiger partial charge in [-0.2, -0.15) is 17.0 Å². The molecule has 7 heteroatoms. The summed E-state index contributed by atoms with van der Waals surface area (Å²) in [6, 6.07) is 0. The number of rotatable bonds is 5. The molecule has 1 unspecified atom stereocenters. The van der Waals surface area contributed by atoms with Crippen LogP contribution in [0.5, 0.6) is 0 Å². The monoisotopic (exact) mass is 292 g/mol. The van der Waals surface area contributed by atoms with E-state index in [9.17, 15) is 18.3 Å². The van der Waals surface area contributed by atoms with E-state index in [-0.39, 0.29) is 6.54 Å². The van der Waals surface area contributed by atoms with Gasteiger partial charge in [0.25, 0.3) is 10.2 Å². The van der Waals surface area contributed by atoms with Crippen LogP contribution in [0.15, 0.2) is 0 Å². The van der Waals surface area contributed by atoms with Gasteiger partial charge >= 0.3 is 5.97 Å². The fourth-order valence-electron chi connectivity index (χ4n) is 2.45. The second-order valence-corrected chi connectivity index (χ2v) is 7.49. The van der Waals surface area contributed by atoms with Crippen molar-refractivity contribution in [3.63, 3.8) is 0 Å². The first kappa shape index (κ1) is 16.4. The van der Waals surface area contributed by atoms with Gasteiger partial charge in [-0.1, -0.05) is 13.8 Å². The second kappa shape index (κ2) is 5.76. The molecule has 0 aromatic rings. The average Bonchev–Trinajstić information content (AvgIpc) is 2.28. The first-order valence-corrected chi connectivity index (χ1v) is 8.05. The predicted octanol–water partition coefficient (Wildman–Crippen LogP) is 1.15. The van der Waals surface area contributed by atoms with Crippen LogP contribution in [0.2, 0.25) is 0 Å². The van der Waals surface area contributed by atoms with Crippen LogP contribution in [-0.2, 0) is 15.0 Å². The van der Waals surface area contributed by atoms with Gasteiger partial charge in [-0.25, -0.2) is 0 Å². The van der Waals surface area contributed by atoms with E-state index < -0.39 is 21.7 Å². The maximum absolute atomic E-state index is 12.6. The number of piperidine rings is 1. The normalized spacial score (nSPS) is 22.7. The van der Waals surface area contributed by atoms with E-state index in [0.717, 1.165) is 17.1 Å². The number of hydrogen-bond donors (Lipinski definition) is 1. The summed E-state index contributed by atoms with van der Waals surface area (Å²) in [4.78, 5) is 11.3. The molecular weight excluding hydrogens is 268 g/mol. The van der Waals surface area contributed by atoms with Crippen molar-refractivity contribution in [3.8, 4) is 0 Å². The zero-order valence-electron chi connectivity index (χ0n) is 12.1. The number of aliphatic carboxylic acids is 1. The van der Waals surface area contributed by atoms with Crippen molar-refractivity contribution in [2.24, 2.45) is 5.92 Å². The molecule has 1 heterocycles. The van der Waals surface area contributed by atoms with Crippen molar-refractivity contribution in [2.75, 3.05) is 19.6 Å². The van der Waals surface area contributed by atoms with Gasteiger partial charge in [-0.05, 0) is 32.6 Å². The molecule has 6 nitrogen and oxygen atoms in total. The smallest absolute Gasteiger partial charge is 0.324 e. The van der Waals surface area contributed by atoms with E-state index >= 15 is 0 Å². The third-order valence-corrected chi connectivity index (χ3v) is 5.91. The molecule has 1 rings (SSSR count). The van der Waals surface area contributed by atoms with Gasteiger partial charge in [0.15, 0.2) is 0 Å². The fraction of sp³-hybridized carbons (Fsp3) is 0.917. The van der Waals surface area contributed by atoms with Crippen LogP contribution >= 0.6 is 0 Å². The van der Waals surface area contributed by atoms with Gasteiger partial charge in [-0.15, -0.1) is 0 Å². The minimum atomic E-state index is -3.72. The van der Waals surface area contributed by atoms with Gasteiger partial charge in [-0.3, -0.25) is 4.79 Å². The van der Waals surface area contributed by atoms with E-state index in [2.05, 4.69) is 0 Å². The van der Waals surface area contributed by atoms with Crippen molar-refractivity contribution in [1.82, 2.24) is 8.61 Å². The molecule has 0 bridgehead atoms. The van der Waals surface area contributed by atoms with Crippen LogP contribution in [-0.4, -0.2) is 53.3 Å². The van der Waals surface area contributed by atoms with Crippen LogP contribution in [0.25, 0.3) is 0 Å². The minimum absolute atomic E-state index is 0.145. The standard InChI is InChI=1S/C12H24N2O4S/c1-5-14(12(3,4)11(15)16)19(17,18)13-8-6-7-10(2)9-13/h10H,5-9H2,1-4H3,(H,15,16). The molecule has 1 aliphatic rings. The van der Waals surface area contributed by atoms with Gasteiger partial charge in [0.2, 0.25) is 0 Å². The SMILES string of the molecule is CCN(C(C)(C)C(=O)O)S(=O)(=O)N1CCCC(C)C1. The zero-order chi connectivity index (χ0) is 14.8. The van der Waals surface area contributed by atoms with Crippen molar-refractivity contribution in [1.29, 1.82) is 0 Å². The Hall–Kier alpha value is -0.660. The van der Waals surface area contributed by atoms with Gasteiger partial charge in [0, 0.05) is 19.6 Å². The predicted molar refractivity (Wildman–Crippen MR) is 73.0 cm³/mol. The highest BCUT2D eigenvalue weighted by atomic mass is 32.2. The average molecular weight is 292 g/mol. The van der Waals surface area contributed by atoms with E-state index in [1.54, 1.807) is 6.92 Å². The minimum Gasteiger partial charge on any atom is -0.480 e. The molecule has 19 heavy (non-hydrogen) atoms. The van der Waals surface area contributed by atoms with Crippen LogP contribution in [0.4, 0.5) is 0 Å². The lowest BCUT2D eigenvalue weighted by Gasteiger charge is -2.39. The van der Waals surface area contributed by atoms with Crippen LogP contribution < -0.4 is 0 Å². The Balaban J connectivity index is 3.05. The quantitative estimate of drug-likeness (QED) is 0.824. The van der Waals surface area contributed by atoms with Crippen molar-refractivity contribution < 1.29 is 18.3 Å². The largest absolute Gasteiger partial charge is 0.480 e. The Morgan fingerprint density at radius 2 is 2.05 bits per heavy atom. The highest BCUT2D eigenvalue weighted by Gasteiger charge is 2.44. The number of carbonyl (C=O) groups is 1. The summed E-state index contributed by atoms with van der Waals surface area (Å²) >= 11 is 0. The Kier molecular flexibility index (Phi) is 4.97. The van der Waals surface area contributed by atoms with Gasteiger partial charge in [0.05, 0.1) is 0 Å². The lowest BCUT2D eigenvalue weighted by Crippen LogP contribution is -2.58. The third kappa shape index (κ3) is 3.27. The Labute approximate surface area is 115 Å². The van der Waals surface area contributed by atoms with E-state index in [4.69, 9.17) is 0 Å². The summed E-state index contributed by atoms with van der Waals surface area (Å²) < 4.78 is 27.7. The Morgan fingerprint density at radius 3 is 2.47 bits per heavy atom. The Bertz CT molecular complexity index is 433. The molecule has 0 aliphatic carbocycles. The summed E-state index contributed by atoms with van der Waals surface area (Å²) in [7, 11) is -3.72. The topological polar surface area (TPSA) is 77.9 Å². The number of carboxylic acid groups (broad SMARTS) is 1. The third-order valence-electron chi connectivity index (χ3n) is 3.66. The summed E-state index contributed by atoms with van der Waals surface area (Å²) in [5.41, 5.74) is -1.44. The summed E-state index contributed by atoms with van der Waals surface area (Å²) in [5.74, 6) is -0.821. The summed E-state index contributed by atoms with van der Waals surface area (Å²) in [6.45, 7) is 7.60. The van der Waals surface area contributed by atoms with E-state index in [0.29, 0.717) is 19.0 Å². The lowest BCUT2D eigenvalue weighted by atomic mass is 10.0. The maximum atomic E-state index is 12.6. The molecular formula is C12H24N2O4S. The van der Waals surface area contributed by atoms with Crippen molar-refractivity contribution in [2.45, 2.75) is 46.1 Å². The molecule has 1 atom stereocenters. The molecule has 1 fully saturated rings. The molecule has 0 spiro atoms. The maximum Gasteiger partial charge on any atom is 0.324 e. The van der Waals surface area contributed by atoms with E-state index in [1.807, 2.05) is 6.92 Å². The second-order valence-electron chi connectivity index (χ2n) is 5.64. The van der Waals surface area contributed by atoms with Crippen LogP contribution in [0.1, 0.15) is 40.5 Å². The van der Waals surface area contributed by atoms with Crippen LogP contribution in [0, 0.1) is 5.92 Å². The fourth-order valence-corrected chi connectivity index (χ4v) is 4.51. The van der Waals surface area contributed by atoms with Gasteiger partial charge < -0.3 is 5.11 Å². The molecule has 1 saturated heterocycles. The number of carboxylic acids is 1. The number of nitrogens with zero attached hydrogens (tertiary/aromatic N) is 2. The molecule has 1 N–H and O–H groups in total. The molecule has 112 valence electrons. The Morgan fingerprint density at radius 1 is 1.47 bits per heavy atom. The first-order valence-electron chi connectivity index (χ1n) is 6.65. The van der Waals surface area contributed by atoms with Crippen molar-refractivity contribution in [3.05, 3.63) is 0 Å². The van der Waals surface area contributed by atoms with Crippen molar-refractivity contribution >= 4 is 16.2 Å². The molecule has 0 aromatic carbocycles. The molecule has 0 amide bonds. The molecule has 1 aliphatic heterocycles. The summed E-state index contributed by atoms with van der Waals surface area (Å²) in [5, 5.41) is 9.23. The highest BCUT2D eigenvalue weighted by molar-refractivity contribution is 7.86. The molecule has 0 radical (unpaired) electrons. The molecule has 0 saturated carbocycles. The van der Waals surface area contributed by atoms with Crippen LogP contribution in [0.3, 0.4) is 0 Å².